The van der Waals surface area contributed by atoms with Crippen LogP contribution in [0.5, 0.6) is 0 Å². The van der Waals surface area contributed by atoms with Crippen molar-refractivity contribution < 1.29 is 9.50 Å². The molecule has 0 saturated carbocycles. The molecule has 1 heterocycles. The van der Waals surface area contributed by atoms with Gasteiger partial charge in [-0.05, 0) is 56.0 Å². The van der Waals surface area contributed by atoms with Gasteiger partial charge in [0, 0.05) is 12.6 Å². The van der Waals surface area contributed by atoms with Gasteiger partial charge >= 0.3 is 0 Å². The minimum Gasteiger partial charge on any atom is -0.395 e. The van der Waals surface area contributed by atoms with Crippen molar-refractivity contribution in [2.45, 2.75) is 25.3 Å². The van der Waals surface area contributed by atoms with Crippen LogP contribution in [0.25, 0.3) is 0 Å². The normalized spacial score (nSPS) is 19.5. The van der Waals surface area contributed by atoms with Crippen LogP contribution in [0.2, 0.25) is 0 Å². The Hall–Kier alpha value is -0.970. The summed E-state index contributed by atoms with van der Waals surface area (Å²) in [6.07, 6.45) is 3.32. The number of aliphatic hydroxyl groups excluding tert-OH is 1. The number of nitrogens with two attached hydrogens (primary N) is 1. The first-order valence-corrected chi connectivity index (χ1v) is 7.00. The summed E-state index contributed by atoms with van der Waals surface area (Å²) in [6, 6.07) is 6.69. The fourth-order valence-corrected chi connectivity index (χ4v) is 2.72. The van der Waals surface area contributed by atoms with Crippen LogP contribution in [0.3, 0.4) is 0 Å². The molecule has 1 aliphatic rings. The average molecular weight is 266 g/mol. The average Bonchev–Trinajstić information content (AvgIpc) is 2.43. The van der Waals surface area contributed by atoms with Gasteiger partial charge in [-0.3, -0.25) is 0 Å². The van der Waals surface area contributed by atoms with Gasteiger partial charge in [0.1, 0.15) is 5.82 Å². The number of aliphatic hydroxyl groups is 1. The van der Waals surface area contributed by atoms with E-state index in [2.05, 4.69) is 4.90 Å². The second kappa shape index (κ2) is 6.98. The molecule has 106 valence electrons. The summed E-state index contributed by atoms with van der Waals surface area (Å²) in [5.41, 5.74) is 6.96. The van der Waals surface area contributed by atoms with Crippen molar-refractivity contribution in [1.29, 1.82) is 0 Å². The third-order valence-electron chi connectivity index (χ3n) is 3.87. The summed E-state index contributed by atoms with van der Waals surface area (Å²) in [7, 11) is 0. The van der Waals surface area contributed by atoms with Gasteiger partial charge in [0.2, 0.25) is 0 Å². The second-order valence-corrected chi connectivity index (χ2v) is 5.52. The van der Waals surface area contributed by atoms with E-state index < -0.39 is 0 Å². The van der Waals surface area contributed by atoms with E-state index in [1.807, 2.05) is 12.1 Å². The van der Waals surface area contributed by atoms with E-state index in [-0.39, 0.29) is 18.5 Å². The molecule has 4 heteroatoms. The molecule has 2 rings (SSSR count). The largest absolute Gasteiger partial charge is 0.395 e. The van der Waals surface area contributed by atoms with E-state index in [1.165, 1.54) is 17.7 Å². The van der Waals surface area contributed by atoms with Crippen molar-refractivity contribution in [2.24, 2.45) is 11.7 Å². The first kappa shape index (κ1) is 14.4. The molecule has 0 radical (unpaired) electrons. The third-order valence-corrected chi connectivity index (χ3v) is 3.87. The highest BCUT2D eigenvalue weighted by Crippen LogP contribution is 2.21. The fourth-order valence-electron chi connectivity index (χ4n) is 2.72. The molecule has 3 nitrogen and oxygen atoms in total. The molecule has 1 aromatic rings. The second-order valence-electron chi connectivity index (χ2n) is 5.52. The zero-order valence-electron chi connectivity index (χ0n) is 11.3. The van der Waals surface area contributed by atoms with E-state index >= 15 is 0 Å². The quantitative estimate of drug-likeness (QED) is 0.847. The summed E-state index contributed by atoms with van der Waals surface area (Å²) in [4.78, 5) is 2.32. The predicted octanol–water partition coefficient (Wildman–Crippen LogP) is 1.40. The standard InChI is InChI=1S/C15H23FN2O/c16-14-3-1-12(2-4-14)9-13-5-7-18(8-6-13)10-15(17)11-19/h1-4,13,15,19H,5-11,17H2/t15-/m0/s1. The molecule has 1 fully saturated rings. The van der Waals surface area contributed by atoms with Crippen molar-refractivity contribution >= 4 is 0 Å². The summed E-state index contributed by atoms with van der Waals surface area (Å²) < 4.78 is 12.8. The molecule has 3 N–H and O–H groups in total. The monoisotopic (exact) mass is 266 g/mol. The van der Waals surface area contributed by atoms with Gasteiger partial charge in [-0.15, -0.1) is 0 Å². The Labute approximate surface area is 114 Å². The zero-order valence-corrected chi connectivity index (χ0v) is 11.3. The van der Waals surface area contributed by atoms with Crippen molar-refractivity contribution in [1.82, 2.24) is 4.90 Å². The van der Waals surface area contributed by atoms with Crippen LogP contribution < -0.4 is 5.73 Å². The highest BCUT2D eigenvalue weighted by atomic mass is 19.1. The maximum atomic E-state index is 12.8. The number of nitrogens with zero attached hydrogens (tertiary/aromatic N) is 1. The van der Waals surface area contributed by atoms with Crippen molar-refractivity contribution in [3.8, 4) is 0 Å². The number of halogens is 1. The van der Waals surface area contributed by atoms with Crippen LogP contribution in [-0.2, 0) is 6.42 Å². The van der Waals surface area contributed by atoms with Gasteiger partial charge < -0.3 is 15.7 Å². The molecule has 1 saturated heterocycles. The van der Waals surface area contributed by atoms with E-state index in [1.54, 1.807) is 0 Å². The molecule has 0 bridgehead atoms. The van der Waals surface area contributed by atoms with E-state index in [9.17, 15) is 4.39 Å². The Morgan fingerprint density at radius 1 is 1.26 bits per heavy atom. The number of benzene rings is 1. The predicted molar refractivity (Wildman–Crippen MR) is 74.3 cm³/mol. The number of rotatable bonds is 5. The van der Waals surface area contributed by atoms with Gasteiger partial charge in [0.25, 0.3) is 0 Å². The topological polar surface area (TPSA) is 49.5 Å². The maximum absolute atomic E-state index is 12.8. The lowest BCUT2D eigenvalue weighted by atomic mass is 9.90. The Morgan fingerprint density at radius 2 is 1.89 bits per heavy atom. The molecular formula is C15H23FN2O. The molecule has 19 heavy (non-hydrogen) atoms. The first-order valence-electron chi connectivity index (χ1n) is 7.00. The minimum absolute atomic E-state index is 0.0511. The Kier molecular flexibility index (Phi) is 5.31. The molecule has 0 aromatic heterocycles. The van der Waals surface area contributed by atoms with Gasteiger partial charge in [0.15, 0.2) is 0 Å². The van der Waals surface area contributed by atoms with Gasteiger partial charge in [0.05, 0.1) is 6.61 Å². The molecule has 0 aliphatic carbocycles. The van der Waals surface area contributed by atoms with E-state index in [0.29, 0.717) is 5.92 Å². The van der Waals surface area contributed by atoms with E-state index in [4.69, 9.17) is 10.8 Å². The number of hydrogen-bond acceptors (Lipinski definition) is 3. The zero-order chi connectivity index (χ0) is 13.7. The maximum Gasteiger partial charge on any atom is 0.123 e. The fraction of sp³-hybridized carbons (Fsp3) is 0.600. The Morgan fingerprint density at radius 3 is 2.47 bits per heavy atom. The number of piperidine rings is 1. The van der Waals surface area contributed by atoms with E-state index in [0.717, 1.165) is 38.9 Å². The highest BCUT2D eigenvalue weighted by Gasteiger charge is 2.20. The minimum atomic E-state index is -0.170. The van der Waals surface area contributed by atoms with Crippen LogP contribution in [-0.4, -0.2) is 42.3 Å². The smallest absolute Gasteiger partial charge is 0.123 e. The Bertz CT molecular complexity index is 374. The Balaban J connectivity index is 1.75. The lowest BCUT2D eigenvalue weighted by Crippen LogP contribution is -2.43. The van der Waals surface area contributed by atoms with Crippen LogP contribution in [0.15, 0.2) is 24.3 Å². The lowest BCUT2D eigenvalue weighted by molar-refractivity contribution is 0.154. The summed E-state index contributed by atoms with van der Waals surface area (Å²) in [5, 5.41) is 8.95. The van der Waals surface area contributed by atoms with Crippen LogP contribution in [0.4, 0.5) is 4.39 Å². The summed E-state index contributed by atoms with van der Waals surface area (Å²) in [6.45, 7) is 2.91. The molecule has 1 aromatic carbocycles. The molecule has 1 aliphatic heterocycles. The SMILES string of the molecule is N[C@H](CO)CN1CCC(Cc2ccc(F)cc2)CC1. The highest BCUT2D eigenvalue weighted by molar-refractivity contribution is 5.16. The molecule has 0 spiro atoms. The summed E-state index contributed by atoms with van der Waals surface area (Å²) >= 11 is 0. The third kappa shape index (κ3) is 4.56. The van der Waals surface area contributed by atoms with Gasteiger partial charge in [-0.25, -0.2) is 4.39 Å². The first-order chi connectivity index (χ1) is 9.17. The molecular weight excluding hydrogens is 243 g/mol. The molecule has 0 amide bonds. The lowest BCUT2D eigenvalue weighted by Gasteiger charge is -2.33. The van der Waals surface area contributed by atoms with Gasteiger partial charge in [-0.2, -0.15) is 0 Å². The van der Waals surface area contributed by atoms with Crippen LogP contribution in [0.1, 0.15) is 18.4 Å². The molecule has 1 atom stereocenters. The summed E-state index contributed by atoms with van der Waals surface area (Å²) in [5.74, 6) is 0.503. The van der Waals surface area contributed by atoms with Crippen molar-refractivity contribution in [3.05, 3.63) is 35.6 Å². The van der Waals surface area contributed by atoms with Crippen molar-refractivity contribution in [2.75, 3.05) is 26.2 Å². The number of hydrogen-bond donors (Lipinski definition) is 2. The van der Waals surface area contributed by atoms with Crippen LogP contribution in [0, 0.1) is 11.7 Å². The van der Waals surface area contributed by atoms with Gasteiger partial charge in [-0.1, -0.05) is 12.1 Å². The molecule has 0 unspecified atom stereocenters. The van der Waals surface area contributed by atoms with Crippen LogP contribution >= 0.6 is 0 Å². The van der Waals surface area contributed by atoms with Crippen molar-refractivity contribution in [3.63, 3.8) is 0 Å². The number of likely N-dealkylation sites (tertiary alicyclic amines) is 1.